The lowest BCUT2D eigenvalue weighted by atomic mass is 9.81. The summed E-state index contributed by atoms with van der Waals surface area (Å²) in [6, 6.07) is 14.3. The van der Waals surface area contributed by atoms with E-state index in [2.05, 4.69) is 12.1 Å². The third kappa shape index (κ3) is 1.97. The Morgan fingerprint density at radius 1 is 1.39 bits per heavy atom. The number of hydroxylamine groups is 2. The van der Waals surface area contributed by atoms with E-state index in [9.17, 15) is 5.26 Å². The van der Waals surface area contributed by atoms with E-state index in [-0.39, 0.29) is 5.92 Å². The summed E-state index contributed by atoms with van der Waals surface area (Å²) in [7, 11) is 0. The van der Waals surface area contributed by atoms with Gasteiger partial charge in [-0.05, 0) is 12.5 Å². The van der Waals surface area contributed by atoms with Crippen LogP contribution >= 0.6 is 0 Å². The van der Waals surface area contributed by atoms with Gasteiger partial charge < -0.3 is 0 Å². The first-order valence-corrected chi connectivity index (χ1v) is 5.96. The van der Waals surface area contributed by atoms with E-state index in [1.807, 2.05) is 37.3 Å². The second-order valence-corrected chi connectivity index (χ2v) is 4.50. The van der Waals surface area contributed by atoms with Crippen molar-refractivity contribution in [3.8, 4) is 12.1 Å². The summed E-state index contributed by atoms with van der Waals surface area (Å²) in [6.45, 7) is 2.90. The van der Waals surface area contributed by atoms with E-state index < -0.39 is 5.54 Å². The highest BCUT2D eigenvalue weighted by Crippen LogP contribution is 2.41. The predicted octanol–water partition coefficient (Wildman–Crippen LogP) is 2.20. The molecule has 1 aliphatic rings. The van der Waals surface area contributed by atoms with E-state index in [1.165, 1.54) is 0 Å². The van der Waals surface area contributed by atoms with Crippen LogP contribution in [0, 0.1) is 28.6 Å². The molecule has 2 atom stereocenters. The van der Waals surface area contributed by atoms with Crippen molar-refractivity contribution in [3.63, 3.8) is 0 Å². The van der Waals surface area contributed by atoms with Crippen molar-refractivity contribution in [1.82, 2.24) is 5.06 Å². The van der Waals surface area contributed by atoms with E-state index in [0.29, 0.717) is 19.6 Å². The first kappa shape index (κ1) is 12.6. The second-order valence-electron chi connectivity index (χ2n) is 4.50. The lowest BCUT2D eigenvalue weighted by Gasteiger charge is -2.34. The SMILES string of the molecule is CC1(c2ccccc2)C(C#N)CON1CCC#N. The zero-order valence-electron chi connectivity index (χ0n) is 10.3. The minimum absolute atomic E-state index is 0.224. The largest absolute Gasteiger partial charge is 0.297 e. The van der Waals surface area contributed by atoms with Crippen LogP contribution in [-0.4, -0.2) is 18.2 Å². The molecule has 1 fully saturated rings. The molecular weight excluding hydrogens is 226 g/mol. The average Bonchev–Trinajstić information content (AvgIpc) is 2.75. The molecule has 0 bridgehead atoms. The molecule has 1 saturated heterocycles. The number of hydrogen-bond acceptors (Lipinski definition) is 4. The van der Waals surface area contributed by atoms with Crippen molar-refractivity contribution in [2.24, 2.45) is 5.92 Å². The molecule has 1 aliphatic heterocycles. The Balaban J connectivity index is 2.35. The molecule has 2 rings (SSSR count). The van der Waals surface area contributed by atoms with Crippen LogP contribution in [0.4, 0.5) is 0 Å². The van der Waals surface area contributed by atoms with Gasteiger partial charge in [0.2, 0.25) is 0 Å². The van der Waals surface area contributed by atoms with Gasteiger partial charge in [0, 0.05) is 6.54 Å². The van der Waals surface area contributed by atoms with E-state index in [0.717, 1.165) is 5.56 Å². The summed E-state index contributed by atoms with van der Waals surface area (Å²) in [5.41, 5.74) is 0.569. The highest BCUT2D eigenvalue weighted by atomic mass is 16.7. The molecule has 0 aliphatic carbocycles. The average molecular weight is 241 g/mol. The van der Waals surface area contributed by atoms with Crippen LogP contribution in [0.25, 0.3) is 0 Å². The quantitative estimate of drug-likeness (QED) is 0.814. The molecule has 1 heterocycles. The van der Waals surface area contributed by atoms with Crippen LogP contribution in [0.3, 0.4) is 0 Å². The molecule has 4 heteroatoms. The highest BCUT2D eigenvalue weighted by molar-refractivity contribution is 5.27. The monoisotopic (exact) mass is 241 g/mol. The number of rotatable bonds is 3. The van der Waals surface area contributed by atoms with Crippen molar-refractivity contribution in [1.29, 1.82) is 10.5 Å². The van der Waals surface area contributed by atoms with Crippen LogP contribution in [-0.2, 0) is 10.4 Å². The minimum Gasteiger partial charge on any atom is -0.297 e. The van der Waals surface area contributed by atoms with Gasteiger partial charge in [0.1, 0.15) is 0 Å². The lowest BCUT2D eigenvalue weighted by Crippen LogP contribution is -2.42. The minimum atomic E-state index is -0.479. The second kappa shape index (κ2) is 5.18. The van der Waals surface area contributed by atoms with Crippen LogP contribution in [0.1, 0.15) is 18.9 Å². The van der Waals surface area contributed by atoms with Gasteiger partial charge in [-0.25, -0.2) is 0 Å². The number of nitrogens with zero attached hydrogens (tertiary/aromatic N) is 3. The zero-order valence-corrected chi connectivity index (χ0v) is 10.3. The smallest absolute Gasteiger partial charge is 0.0962 e. The molecule has 1 aromatic carbocycles. The van der Waals surface area contributed by atoms with E-state index in [1.54, 1.807) is 5.06 Å². The molecule has 0 N–H and O–H groups in total. The Morgan fingerprint density at radius 2 is 2.11 bits per heavy atom. The van der Waals surface area contributed by atoms with Crippen molar-refractivity contribution in [2.75, 3.05) is 13.2 Å². The Morgan fingerprint density at radius 3 is 2.72 bits per heavy atom. The maximum atomic E-state index is 9.28. The van der Waals surface area contributed by atoms with Gasteiger partial charge >= 0.3 is 0 Å². The van der Waals surface area contributed by atoms with Crippen molar-refractivity contribution in [2.45, 2.75) is 18.9 Å². The molecule has 92 valence electrons. The fourth-order valence-electron chi connectivity index (χ4n) is 2.37. The predicted molar refractivity (Wildman–Crippen MR) is 65.8 cm³/mol. The highest BCUT2D eigenvalue weighted by Gasteiger charge is 2.47. The molecule has 0 spiro atoms. The molecule has 0 amide bonds. The molecule has 0 saturated carbocycles. The van der Waals surface area contributed by atoms with Crippen LogP contribution < -0.4 is 0 Å². The normalized spacial score (nSPS) is 27.6. The van der Waals surface area contributed by atoms with Gasteiger partial charge in [0.05, 0.1) is 36.6 Å². The van der Waals surface area contributed by atoms with Gasteiger partial charge in [0.15, 0.2) is 0 Å². The van der Waals surface area contributed by atoms with Gasteiger partial charge in [-0.3, -0.25) is 4.84 Å². The van der Waals surface area contributed by atoms with Crippen LogP contribution in [0.2, 0.25) is 0 Å². The summed E-state index contributed by atoms with van der Waals surface area (Å²) in [6.07, 6.45) is 0.389. The summed E-state index contributed by atoms with van der Waals surface area (Å²) in [5.74, 6) is -0.224. The number of hydrogen-bond donors (Lipinski definition) is 0. The first-order valence-electron chi connectivity index (χ1n) is 5.96. The topological polar surface area (TPSA) is 60.0 Å². The van der Waals surface area contributed by atoms with Crippen molar-refractivity contribution >= 4 is 0 Å². The molecule has 2 unspecified atom stereocenters. The van der Waals surface area contributed by atoms with E-state index >= 15 is 0 Å². The zero-order chi connectivity index (χ0) is 13.0. The fourth-order valence-corrected chi connectivity index (χ4v) is 2.37. The van der Waals surface area contributed by atoms with Crippen LogP contribution in [0.15, 0.2) is 30.3 Å². The Hall–Kier alpha value is -1.88. The molecule has 1 aromatic rings. The van der Waals surface area contributed by atoms with Gasteiger partial charge in [-0.15, -0.1) is 0 Å². The standard InChI is InChI=1S/C14H15N3O/c1-14(12-6-3-2-4-7-12)13(10-16)11-18-17(14)9-5-8-15/h2-4,6-7,13H,5,9,11H2,1H3. The Bertz CT molecular complexity index is 488. The van der Waals surface area contributed by atoms with Crippen molar-refractivity contribution < 1.29 is 4.84 Å². The third-order valence-corrected chi connectivity index (χ3v) is 3.53. The Kier molecular flexibility index (Phi) is 3.62. The number of nitriles is 2. The Labute approximate surface area is 107 Å². The first-order chi connectivity index (χ1) is 8.73. The maximum Gasteiger partial charge on any atom is 0.0962 e. The van der Waals surface area contributed by atoms with Gasteiger partial charge in [0.25, 0.3) is 0 Å². The van der Waals surface area contributed by atoms with Crippen molar-refractivity contribution in [3.05, 3.63) is 35.9 Å². The molecule has 4 nitrogen and oxygen atoms in total. The summed E-state index contributed by atoms with van der Waals surface area (Å²) < 4.78 is 0. The number of benzene rings is 1. The maximum absolute atomic E-state index is 9.28. The summed E-state index contributed by atoms with van der Waals surface area (Å²) in [5, 5.41) is 19.8. The summed E-state index contributed by atoms with van der Waals surface area (Å²) in [4.78, 5) is 5.59. The molecule has 18 heavy (non-hydrogen) atoms. The third-order valence-electron chi connectivity index (χ3n) is 3.53. The van der Waals surface area contributed by atoms with Gasteiger partial charge in [-0.2, -0.15) is 15.6 Å². The molecule has 0 aromatic heterocycles. The molecular formula is C14H15N3O. The fraction of sp³-hybridized carbons (Fsp3) is 0.429. The molecule has 0 radical (unpaired) electrons. The van der Waals surface area contributed by atoms with Gasteiger partial charge in [-0.1, -0.05) is 30.3 Å². The van der Waals surface area contributed by atoms with Crippen LogP contribution in [0.5, 0.6) is 0 Å². The summed E-state index contributed by atoms with van der Waals surface area (Å²) >= 11 is 0. The van der Waals surface area contributed by atoms with E-state index in [4.69, 9.17) is 10.1 Å². The lowest BCUT2D eigenvalue weighted by molar-refractivity contribution is -0.161.